The Hall–Kier alpha value is -2.84. The normalized spacial score (nSPS) is 12.9. The van der Waals surface area contributed by atoms with Crippen LogP contribution in [0.4, 0.5) is 0 Å². The molecule has 0 saturated heterocycles. The van der Waals surface area contributed by atoms with Crippen LogP contribution in [-0.2, 0) is 28.9 Å². The second kappa shape index (κ2) is 13.2. The lowest BCUT2D eigenvalue weighted by Gasteiger charge is -2.23. The maximum atomic E-state index is 13.4. The summed E-state index contributed by atoms with van der Waals surface area (Å²) in [6.45, 7) is 10.5. The highest BCUT2D eigenvalue weighted by Crippen LogP contribution is 2.32. The third kappa shape index (κ3) is 9.19. The van der Waals surface area contributed by atoms with E-state index in [2.05, 4.69) is 13.2 Å². The molecule has 0 aliphatic rings. The zero-order chi connectivity index (χ0) is 25.1. The minimum Gasteiger partial charge on any atom is -0.461 e. The third-order valence-electron chi connectivity index (χ3n) is 4.79. The van der Waals surface area contributed by atoms with E-state index in [1.807, 2.05) is 30.3 Å². The number of carbonyl (C=O) groups excluding carboxylic acids is 2. The van der Waals surface area contributed by atoms with Crippen LogP contribution < -0.4 is 0 Å². The average Bonchev–Trinajstić information content (AvgIpc) is 2.78. The molecular weight excluding hydrogens is 472 g/mol. The van der Waals surface area contributed by atoms with Crippen molar-refractivity contribution in [2.45, 2.75) is 53.6 Å². The van der Waals surface area contributed by atoms with Crippen LogP contribution in [0.2, 0.25) is 0 Å². The zero-order valence-corrected chi connectivity index (χ0v) is 21.1. The number of ether oxygens (including phenoxy) is 2. The van der Waals surface area contributed by atoms with Crippen LogP contribution in [0.1, 0.15) is 33.1 Å². The van der Waals surface area contributed by atoms with E-state index in [1.54, 1.807) is 30.3 Å². The molecule has 0 aromatic heterocycles. The van der Waals surface area contributed by atoms with Crippen LogP contribution in [-0.4, -0.2) is 37.6 Å². The average molecular weight is 503 g/mol. The molecule has 0 N–H and O–H groups in total. The summed E-state index contributed by atoms with van der Waals surface area (Å²) < 4.78 is 37.3. The van der Waals surface area contributed by atoms with E-state index in [0.29, 0.717) is 11.1 Å². The Morgan fingerprint density at radius 1 is 0.853 bits per heavy atom. The van der Waals surface area contributed by atoms with Crippen LogP contribution >= 0.6 is 11.8 Å². The lowest BCUT2D eigenvalue weighted by molar-refractivity contribution is -0.142. The number of esters is 2. The van der Waals surface area contributed by atoms with Crippen molar-refractivity contribution in [2.75, 3.05) is 6.61 Å². The summed E-state index contributed by atoms with van der Waals surface area (Å²) in [4.78, 5) is 23.9. The third-order valence-corrected chi connectivity index (χ3v) is 8.00. The molecule has 0 aliphatic carbocycles. The molecule has 0 amide bonds. The van der Waals surface area contributed by atoms with Gasteiger partial charge in [0.2, 0.25) is 0 Å². The molecule has 0 spiro atoms. The van der Waals surface area contributed by atoms with Crippen LogP contribution in [0, 0.1) is 0 Å². The van der Waals surface area contributed by atoms with Gasteiger partial charge in [-0.1, -0.05) is 66.9 Å². The number of sulfone groups is 1. The van der Waals surface area contributed by atoms with Crippen molar-refractivity contribution >= 4 is 33.5 Å². The molecule has 0 heterocycles. The molecule has 182 valence electrons. The summed E-state index contributed by atoms with van der Waals surface area (Å²) in [7, 11) is -3.72. The summed E-state index contributed by atoms with van der Waals surface area (Å²) in [6.07, 6.45) is 0.535. The molecule has 2 atom stereocenters. The maximum Gasteiger partial charge on any atom is 0.303 e. The van der Waals surface area contributed by atoms with Gasteiger partial charge in [-0.25, -0.2) is 8.42 Å². The van der Waals surface area contributed by atoms with E-state index in [1.165, 1.54) is 25.6 Å². The summed E-state index contributed by atoms with van der Waals surface area (Å²) >= 11 is 1.37. The van der Waals surface area contributed by atoms with E-state index in [-0.39, 0.29) is 30.8 Å². The van der Waals surface area contributed by atoms with Gasteiger partial charge in [0.15, 0.2) is 15.3 Å². The highest BCUT2D eigenvalue weighted by Gasteiger charge is 2.29. The monoisotopic (exact) mass is 502 g/mol. The highest BCUT2D eigenvalue weighted by atomic mass is 32.2. The first-order chi connectivity index (χ1) is 16.1. The number of thioether (sulfide) groups is 1. The first-order valence-electron chi connectivity index (χ1n) is 10.7. The predicted molar refractivity (Wildman–Crippen MR) is 134 cm³/mol. The van der Waals surface area contributed by atoms with Crippen LogP contribution in [0.5, 0.6) is 0 Å². The predicted octanol–water partition coefficient (Wildman–Crippen LogP) is 5.36. The smallest absolute Gasteiger partial charge is 0.303 e. The lowest BCUT2D eigenvalue weighted by atomic mass is 10.0. The summed E-state index contributed by atoms with van der Waals surface area (Å²) in [6, 6.07) is 17.7. The first-order valence-corrected chi connectivity index (χ1v) is 13.1. The van der Waals surface area contributed by atoms with E-state index in [0.717, 1.165) is 4.90 Å². The molecular formula is C26H30O6S2. The standard InChI is InChI=1S/C26H30O6S2/c1-19(17-26(32-22(4)28)33-23-11-7-5-8-12-23)15-25(16-20(2)18-31-21(3)27)34(29,30)24-13-9-6-10-14-24/h5-14,25-26H,1-2,15-18H2,3-4H3/t25-,26+/m0/s1. The van der Waals surface area contributed by atoms with Crippen molar-refractivity contribution in [3.05, 3.63) is 85.0 Å². The second-order valence-corrected chi connectivity index (χ2v) is 11.3. The van der Waals surface area contributed by atoms with Crippen molar-refractivity contribution in [3.8, 4) is 0 Å². The maximum absolute atomic E-state index is 13.4. The molecule has 2 aromatic carbocycles. The van der Waals surface area contributed by atoms with Crippen molar-refractivity contribution in [1.82, 2.24) is 0 Å². The van der Waals surface area contributed by atoms with Crippen LogP contribution in [0.15, 0.2) is 94.8 Å². The van der Waals surface area contributed by atoms with Gasteiger partial charge in [0.05, 0.1) is 10.1 Å². The summed E-state index contributed by atoms with van der Waals surface area (Å²) in [5, 5.41) is -0.856. The van der Waals surface area contributed by atoms with E-state index >= 15 is 0 Å². The molecule has 8 heteroatoms. The van der Waals surface area contributed by atoms with Gasteiger partial charge in [-0.3, -0.25) is 9.59 Å². The zero-order valence-electron chi connectivity index (χ0n) is 19.4. The van der Waals surface area contributed by atoms with E-state index < -0.39 is 32.5 Å². The Morgan fingerprint density at radius 3 is 1.97 bits per heavy atom. The molecule has 0 bridgehead atoms. The van der Waals surface area contributed by atoms with Crippen LogP contribution in [0.25, 0.3) is 0 Å². The fourth-order valence-electron chi connectivity index (χ4n) is 3.26. The van der Waals surface area contributed by atoms with Gasteiger partial charge in [0.25, 0.3) is 0 Å². The second-order valence-electron chi connectivity index (χ2n) is 7.84. The van der Waals surface area contributed by atoms with Gasteiger partial charge in [0.1, 0.15) is 6.61 Å². The Labute approximate surface area is 206 Å². The molecule has 2 aromatic rings. The number of benzene rings is 2. The minimum absolute atomic E-state index is 0.0530. The van der Waals surface area contributed by atoms with Crippen molar-refractivity contribution in [1.29, 1.82) is 0 Å². The fourth-order valence-corrected chi connectivity index (χ4v) is 6.22. The number of carbonyl (C=O) groups is 2. The van der Waals surface area contributed by atoms with E-state index in [9.17, 15) is 18.0 Å². The van der Waals surface area contributed by atoms with Gasteiger partial charge >= 0.3 is 11.9 Å². The molecule has 34 heavy (non-hydrogen) atoms. The molecule has 2 rings (SSSR count). The van der Waals surface area contributed by atoms with Gasteiger partial charge in [-0.15, -0.1) is 0 Å². The number of hydrogen-bond acceptors (Lipinski definition) is 7. The lowest BCUT2D eigenvalue weighted by Crippen LogP contribution is -2.25. The first kappa shape index (κ1) is 27.4. The number of hydrogen-bond donors (Lipinski definition) is 0. The van der Waals surface area contributed by atoms with Gasteiger partial charge in [-0.05, 0) is 42.7 Å². The van der Waals surface area contributed by atoms with Crippen molar-refractivity contribution in [3.63, 3.8) is 0 Å². The minimum atomic E-state index is -3.72. The van der Waals surface area contributed by atoms with Crippen molar-refractivity contribution in [2.24, 2.45) is 0 Å². The Kier molecular flexibility index (Phi) is 10.6. The van der Waals surface area contributed by atoms with Gasteiger partial charge in [0, 0.05) is 25.2 Å². The van der Waals surface area contributed by atoms with Gasteiger partial charge < -0.3 is 9.47 Å². The Morgan fingerprint density at radius 2 is 1.41 bits per heavy atom. The molecule has 0 fully saturated rings. The van der Waals surface area contributed by atoms with E-state index in [4.69, 9.17) is 9.47 Å². The SMILES string of the molecule is C=C(COC(C)=O)C[C@H](CC(=C)C[C@H](OC(C)=O)Sc1ccccc1)S(=O)(=O)c1ccccc1. The summed E-state index contributed by atoms with van der Waals surface area (Å²) in [5.41, 5.74) is 0.568. The molecule has 0 aliphatic heterocycles. The quantitative estimate of drug-likeness (QED) is 0.158. The largest absolute Gasteiger partial charge is 0.461 e. The van der Waals surface area contributed by atoms with Gasteiger partial charge in [-0.2, -0.15) is 0 Å². The topological polar surface area (TPSA) is 86.7 Å². The van der Waals surface area contributed by atoms with Crippen LogP contribution in [0.3, 0.4) is 0 Å². The Bertz CT molecular complexity index is 1090. The Balaban J connectivity index is 2.20. The molecule has 6 nitrogen and oxygen atoms in total. The molecule has 0 radical (unpaired) electrons. The highest BCUT2D eigenvalue weighted by molar-refractivity contribution is 7.99. The summed E-state index contributed by atoms with van der Waals surface area (Å²) in [5.74, 6) is -0.889. The molecule has 0 saturated carbocycles. The van der Waals surface area contributed by atoms with Crippen molar-refractivity contribution < 1.29 is 27.5 Å². The fraction of sp³-hybridized carbons (Fsp3) is 0.308. The number of rotatable bonds is 13. The molecule has 0 unspecified atom stereocenters.